The first-order valence-corrected chi connectivity index (χ1v) is 7.34. The molecule has 8 heteroatoms. The van der Waals surface area contributed by atoms with Crippen LogP contribution in [0.3, 0.4) is 0 Å². The van der Waals surface area contributed by atoms with Crippen molar-refractivity contribution in [3.63, 3.8) is 0 Å². The predicted molar refractivity (Wildman–Crippen MR) is 81.4 cm³/mol. The lowest BCUT2D eigenvalue weighted by Gasteiger charge is -2.09. The summed E-state index contributed by atoms with van der Waals surface area (Å²) in [5.41, 5.74) is 2.48. The van der Waals surface area contributed by atoms with Crippen LogP contribution in [0, 0.1) is 0 Å². The van der Waals surface area contributed by atoms with Crippen LogP contribution in [0.15, 0.2) is 47.4 Å². The number of fused-ring (bicyclic) bond motifs is 1. The lowest BCUT2D eigenvalue weighted by atomic mass is 9.79. The highest BCUT2D eigenvalue weighted by atomic mass is 32.2. The van der Waals surface area contributed by atoms with Gasteiger partial charge in [-0.3, -0.25) is 0 Å². The van der Waals surface area contributed by atoms with Gasteiger partial charge in [0.25, 0.3) is 0 Å². The van der Waals surface area contributed by atoms with Crippen LogP contribution in [-0.2, 0) is 11.3 Å². The summed E-state index contributed by atoms with van der Waals surface area (Å²) in [4.78, 5) is 0.732. The number of halogens is 2. The molecule has 0 saturated heterocycles. The Balaban J connectivity index is 1.67. The molecule has 0 unspecified atom stereocenters. The number of alkyl halides is 2. The number of hydrogen-bond donors (Lipinski definition) is 2. The summed E-state index contributed by atoms with van der Waals surface area (Å²) >= 11 is 1.26. The minimum Gasteiger partial charge on any atom is -0.435 e. The molecule has 2 aromatic rings. The Morgan fingerprint density at radius 1 is 1.27 bits per heavy atom. The summed E-state index contributed by atoms with van der Waals surface area (Å²) in [6, 6.07) is 12.0. The first kappa shape index (κ1) is 15.1. The molecule has 2 N–H and O–H groups in total. The van der Waals surface area contributed by atoms with E-state index in [1.54, 1.807) is 18.2 Å². The van der Waals surface area contributed by atoms with Crippen molar-refractivity contribution in [3.8, 4) is 5.75 Å². The fourth-order valence-corrected chi connectivity index (χ4v) is 2.79. The summed E-state index contributed by atoms with van der Waals surface area (Å²) in [5, 5.41) is 9.67. The monoisotopic (exact) mass is 323 g/mol. The van der Waals surface area contributed by atoms with Crippen LogP contribution in [0.1, 0.15) is 5.56 Å². The molecule has 0 radical (unpaired) electrons. The molecular weight excluding hydrogens is 311 g/mol. The van der Waals surface area contributed by atoms with Crippen LogP contribution in [0.4, 0.5) is 14.5 Å². The van der Waals surface area contributed by atoms with E-state index in [9.17, 15) is 13.8 Å². The van der Waals surface area contributed by atoms with Crippen molar-refractivity contribution < 1.29 is 23.2 Å². The van der Waals surface area contributed by atoms with E-state index in [1.165, 1.54) is 24.1 Å². The first-order chi connectivity index (χ1) is 10.6. The molecule has 0 amide bonds. The van der Waals surface area contributed by atoms with Crippen LogP contribution in [0.5, 0.6) is 5.75 Å². The Bertz CT molecular complexity index is 674. The Kier molecular flexibility index (Phi) is 4.51. The van der Waals surface area contributed by atoms with Crippen LogP contribution in [0.2, 0.25) is 0 Å². The molecule has 114 valence electrons. The zero-order chi connectivity index (χ0) is 15.5. The molecule has 0 atom stereocenters. The normalized spacial score (nSPS) is 13.4. The van der Waals surface area contributed by atoms with Gasteiger partial charge in [0.05, 0.1) is 6.61 Å². The maximum atomic E-state index is 12.2. The number of hydrogen-bond acceptors (Lipinski definition) is 5. The number of rotatable bonds is 5. The second-order valence-electron chi connectivity index (χ2n) is 4.63. The van der Waals surface area contributed by atoms with Gasteiger partial charge in [0.1, 0.15) is 5.75 Å². The maximum absolute atomic E-state index is 12.2. The first-order valence-electron chi connectivity index (χ1n) is 6.52. The third-order valence-corrected chi connectivity index (χ3v) is 3.95. The quantitative estimate of drug-likeness (QED) is 0.654. The summed E-state index contributed by atoms with van der Waals surface area (Å²) in [6.45, 7) is -2.44. The molecule has 0 aliphatic carbocycles. The van der Waals surface area contributed by atoms with Crippen LogP contribution >= 0.6 is 11.9 Å². The fraction of sp³-hybridized carbons (Fsp3) is 0.143. The molecule has 1 aliphatic heterocycles. The molecule has 0 saturated carbocycles. The number of nitrogens with one attached hydrogen (secondary N) is 1. The van der Waals surface area contributed by atoms with E-state index >= 15 is 0 Å². The Morgan fingerprint density at radius 3 is 2.95 bits per heavy atom. The largest absolute Gasteiger partial charge is 0.491 e. The van der Waals surface area contributed by atoms with Gasteiger partial charge in [0.2, 0.25) is 0 Å². The summed E-state index contributed by atoms with van der Waals surface area (Å²) in [6.07, 6.45) is 0. The van der Waals surface area contributed by atoms with Crippen LogP contribution < -0.4 is 14.9 Å². The summed E-state index contributed by atoms with van der Waals surface area (Å²) in [5.74, 6) is 0.111. The third kappa shape index (κ3) is 3.52. The van der Waals surface area contributed by atoms with Gasteiger partial charge in [0.15, 0.2) is 0 Å². The van der Waals surface area contributed by atoms with Crippen molar-refractivity contribution in [2.45, 2.75) is 18.1 Å². The summed E-state index contributed by atoms with van der Waals surface area (Å²) in [7, 11) is -0.899. The van der Waals surface area contributed by atoms with Crippen LogP contribution in [0.25, 0.3) is 0 Å². The van der Waals surface area contributed by atoms with Gasteiger partial charge in [-0.25, -0.2) is 0 Å². The van der Waals surface area contributed by atoms with Crippen molar-refractivity contribution in [2.24, 2.45) is 0 Å². The van der Waals surface area contributed by atoms with Crippen molar-refractivity contribution >= 4 is 30.2 Å². The van der Waals surface area contributed by atoms with Gasteiger partial charge in [-0.2, -0.15) is 8.78 Å². The van der Waals surface area contributed by atoms with Crippen LogP contribution in [-0.4, -0.2) is 18.8 Å². The molecular formula is C14H12BF2NO3S. The fourth-order valence-electron chi connectivity index (χ4n) is 2.11. The summed E-state index contributed by atoms with van der Waals surface area (Å²) < 4.78 is 37.0. The molecule has 2 aromatic carbocycles. The molecule has 0 fully saturated rings. The molecule has 4 nitrogen and oxygen atoms in total. The van der Waals surface area contributed by atoms with E-state index in [0.29, 0.717) is 6.61 Å². The van der Waals surface area contributed by atoms with Gasteiger partial charge >= 0.3 is 13.7 Å². The van der Waals surface area contributed by atoms with Gasteiger partial charge < -0.3 is 19.1 Å². The second kappa shape index (κ2) is 6.56. The minimum atomic E-state index is -2.84. The van der Waals surface area contributed by atoms with E-state index in [0.717, 1.165) is 21.6 Å². The third-order valence-electron chi connectivity index (χ3n) is 3.13. The minimum absolute atomic E-state index is 0.111. The zero-order valence-electron chi connectivity index (χ0n) is 11.3. The molecule has 3 rings (SSSR count). The highest BCUT2D eigenvalue weighted by Crippen LogP contribution is 2.26. The Morgan fingerprint density at radius 2 is 2.14 bits per heavy atom. The highest BCUT2D eigenvalue weighted by Gasteiger charge is 2.27. The molecule has 1 aliphatic rings. The van der Waals surface area contributed by atoms with Crippen molar-refractivity contribution in [1.82, 2.24) is 0 Å². The molecule has 1 heterocycles. The molecule has 0 spiro atoms. The molecule has 0 bridgehead atoms. The Hall–Kier alpha value is -1.77. The van der Waals surface area contributed by atoms with Gasteiger partial charge in [-0.15, -0.1) is 0 Å². The molecule has 22 heavy (non-hydrogen) atoms. The average Bonchev–Trinajstić information content (AvgIpc) is 2.86. The standard InChI is InChI=1S/C14H12BF2NO3S/c16-14(17)21-11-2-1-3-12(7-11)22-18-10-5-4-9-8-20-15(19)13(9)6-10/h1-7,14,18-19H,8H2. The van der Waals surface area contributed by atoms with E-state index < -0.39 is 13.7 Å². The number of ether oxygens (including phenoxy) is 1. The highest BCUT2D eigenvalue weighted by molar-refractivity contribution is 8.00. The van der Waals surface area contributed by atoms with Crippen molar-refractivity contribution in [3.05, 3.63) is 48.0 Å². The van der Waals surface area contributed by atoms with E-state index in [1.807, 2.05) is 12.1 Å². The number of benzene rings is 2. The maximum Gasteiger partial charge on any atom is 0.491 e. The molecule has 0 aromatic heterocycles. The van der Waals surface area contributed by atoms with Crippen molar-refractivity contribution in [1.29, 1.82) is 0 Å². The SMILES string of the molecule is OB1OCc2ccc(NSc3cccc(OC(F)F)c3)cc21. The predicted octanol–water partition coefficient (Wildman–Crippen LogP) is 2.62. The lowest BCUT2D eigenvalue weighted by molar-refractivity contribution is -0.0499. The number of anilines is 1. The zero-order valence-corrected chi connectivity index (χ0v) is 12.1. The Labute approximate surface area is 130 Å². The second-order valence-corrected chi connectivity index (χ2v) is 5.51. The van der Waals surface area contributed by atoms with Gasteiger partial charge in [-0.05, 0) is 53.3 Å². The topological polar surface area (TPSA) is 50.7 Å². The van der Waals surface area contributed by atoms with Gasteiger partial charge in [-0.1, -0.05) is 12.1 Å². The van der Waals surface area contributed by atoms with Gasteiger partial charge in [0, 0.05) is 10.6 Å². The smallest absolute Gasteiger partial charge is 0.435 e. The lowest BCUT2D eigenvalue weighted by Crippen LogP contribution is -2.28. The average molecular weight is 323 g/mol. The van der Waals surface area contributed by atoms with E-state index in [-0.39, 0.29) is 5.75 Å². The van der Waals surface area contributed by atoms with E-state index in [4.69, 9.17) is 4.65 Å². The van der Waals surface area contributed by atoms with E-state index in [2.05, 4.69) is 9.46 Å². The van der Waals surface area contributed by atoms with Crippen molar-refractivity contribution in [2.75, 3.05) is 4.72 Å².